The van der Waals surface area contributed by atoms with Gasteiger partial charge in [-0.1, -0.05) is 24.3 Å². The molecule has 0 saturated carbocycles. The minimum absolute atomic E-state index is 0.0514. The average molecular weight is 253 g/mol. The Morgan fingerprint density at radius 3 is 2.16 bits per heavy atom. The van der Waals surface area contributed by atoms with Gasteiger partial charge in [0.25, 0.3) is 5.91 Å². The van der Waals surface area contributed by atoms with Gasteiger partial charge in [-0.25, -0.2) is 0 Å². The molecule has 98 valence electrons. The highest BCUT2D eigenvalue weighted by molar-refractivity contribution is 6.05. The van der Waals surface area contributed by atoms with Crippen molar-refractivity contribution in [3.63, 3.8) is 0 Å². The lowest BCUT2D eigenvalue weighted by Crippen LogP contribution is -2.14. The van der Waals surface area contributed by atoms with Crippen molar-refractivity contribution in [1.29, 1.82) is 0 Å². The molecule has 1 N–H and O–H groups in total. The molecule has 2 heteroatoms. The van der Waals surface area contributed by atoms with Crippen molar-refractivity contribution in [3.05, 3.63) is 64.2 Å². The van der Waals surface area contributed by atoms with Gasteiger partial charge in [0.15, 0.2) is 0 Å². The van der Waals surface area contributed by atoms with E-state index < -0.39 is 0 Å². The summed E-state index contributed by atoms with van der Waals surface area (Å²) < 4.78 is 0. The van der Waals surface area contributed by atoms with Crippen molar-refractivity contribution in [2.24, 2.45) is 0 Å². The zero-order valence-corrected chi connectivity index (χ0v) is 11.9. The van der Waals surface area contributed by atoms with Crippen molar-refractivity contribution in [3.8, 4) is 0 Å². The normalized spacial score (nSPS) is 10.3. The van der Waals surface area contributed by atoms with E-state index in [1.807, 2.05) is 44.2 Å². The van der Waals surface area contributed by atoms with E-state index in [9.17, 15) is 4.79 Å². The van der Waals surface area contributed by atoms with Crippen molar-refractivity contribution < 1.29 is 4.79 Å². The number of anilines is 1. The maximum absolute atomic E-state index is 12.3. The number of hydrogen-bond acceptors (Lipinski definition) is 1. The smallest absolute Gasteiger partial charge is 0.255 e. The van der Waals surface area contributed by atoms with E-state index in [0.29, 0.717) is 0 Å². The second-order valence-electron chi connectivity index (χ2n) is 5.02. The Morgan fingerprint density at radius 2 is 1.47 bits per heavy atom. The summed E-state index contributed by atoms with van der Waals surface area (Å²) in [5.41, 5.74) is 6.11. The number of carbonyl (C=O) groups is 1. The van der Waals surface area contributed by atoms with Gasteiger partial charge in [0.2, 0.25) is 0 Å². The van der Waals surface area contributed by atoms with Gasteiger partial charge in [0.1, 0.15) is 0 Å². The zero-order valence-electron chi connectivity index (χ0n) is 11.9. The Morgan fingerprint density at radius 1 is 0.842 bits per heavy atom. The van der Waals surface area contributed by atoms with E-state index >= 15 is 0 Å². The van der Waals surface area contributed by atoms with Crippen LogP contribution in [-0.4, -0.2) is 5.91 Å². The molecule has 2 aromatic carbocycles. The van der Waals surface area contributed by atoms with Crippen LogP contribution in [-0.2, 0) is 0 Å². The Hall–Kier alpha value is -2.09. The molecule has 0 unspecified atom stereocenters. The molecule has 0 bridgehead atoms. The van der Waals surface area contributed by atoms with Gasteiger partial charge < -0.3 is 5.32 Å². The molecular weight excluding hydrogens is 234 g/mol. The number of nitrogens with one attached hydrogen (secondary N) is 1. The topological polar surface area (TPSA) is 29.1 Å². The minimum Gasteiger partial charge on any atom is -0.322 e. The van der Waals surface area contributed by atoms with E-state index in [4.69, 9.17) is 0 Å². The van der Waals surface area contributed by atoms with Gasteiger partial charge in [-0.15, -0.1) is 0 Å². The summed E-state index contributed by atoms with van der Waals surface area (Å²) in [5.74, 6) is -0.0514. The molecule has 0 heterocycles. The first-order chi connectivity index (χ1) is 8.99. The quantitative estimate of drug-likeness (QED) is 0.855. The number of hydrogen-bond donors (Lipinski definition) is 1. The minimum atomic E-state index is -0.0514. The maximum Gasteiger partial charge on any atom is 0.255 e. The fourth-order valence-electron chi connectivity index (χ4n) is 2.11. The third-order valence-corrected chi connectivity index (χ3v) is 3.48. The van der Waals surface area contributed by atoms with Crippen molar-refractivity contribution in [1.82, 2.24) is 0 Å². The van der Waals surface area contributed by atoms with Gasteiger partial charge in [-0.2, -0.15) is 0 Å². The predicted octanol–water partition coefficient (Wildman–Crippen LogP) is 4.17. The van der Waals surface area contributed by atoms with E-state index in [1.165, 1.54) is 11.1 Å². The molecule has 0 atom stereocenters. The summed E-state index contributed by atoms with van der Waals surface area (Å²) in [7, 11) is 0. The summed E-state index contributed by atoms with van der Waals surface area (Å²) >= 11 is 0. The number of amides is 1. The number of benzene rings is 2. The van der Waals surface area contributed by atoms with Crippen molar-refractivity contribution >= 4 is 11.6 Å². The third kappa shape index (κ3) is 2.84. The molecule has 0 aliphatic heterocycles. The third-order valence-electron chi connectivity index (χ3n) is 3.48. The van der Waals surface area contributed by atoms with Crippen LogP contribution < -0.4 is 5.32 Å². The SMILES string of the molecule is Cc1cc(C)c(NC(=O)c2ccccc2C)cc1C. The molecule has 0 fully saturated rings. The molecule has 2 aromatic rings. The van der Waals surface area contributed by atoms with Crippen LogP contribution in [0.15, 0.2) is 36.4 Å². The molecule has 1 amide bonds. The highest BCUT2D eigenvalue weighted by Crippen LogP contribution is 2.21. The first-order valence-electron chi connectivity index (χ1n) is 6.44. The Bertz CT molecular complexity index is 629. The fraction of sp³-hybridized carbons (Fsp3) is 0.235. The van der Waals surface area contributed by atoms with Crippen LogP contribution >= 0.6 is 0 Å². The second kappa shape index (κ2) is 5.27. The average Bonchev–Trinajstić information content (AvgIpc) is 2.36. The Balaban J connectivity index is 2.30. The van der Waals surface area contributed by atoms with Gasteiger partial charge in [0, 0.05) is 11.3 Å². The first kappa shape index (κ1) is 13.3. The standard InChI is InChI=1S/C17H19NO/c1-11-7-5-6-8-15(11)17(19)18-16-10-13(3)12(2)9-14(16)4/h5-10H,1-4H3,(H,18,19). The maximum atomic E-state index is 12.3. The molecule has 0 aliphatic carbocycles. The predicted molar refractivity (Wildman–Crippen MR) is 79.8 cm³/mol. The van der Waals surface area contributed by atoms with E-state index in [0.717, 1.165) is 22.4 Å². The van der Waals surface area contributed by atoms with Gasteiger partial charge >= 0.3 is 0 Å². The van der Waals surface area contributed by atoms with Crippen LogP contribution in [0.4, 0.5) is 5.69 Å². The highest BCUT2D eigenvalue weighted by Gasteiger charge is 2.10. The molecule has 2 rings (SSSR count). The molecule has 0 aliphatic rings. The lowest BCUT2D eigenvalue weighted by atomic mass is 10.0. The molecule has 19 heavy (non-hydrogen) atoms. The highest BCUT2D eigenvalue weighted by atomic mass is 16.1. The molecule has 0 saturated heterocycles. The number of rotatable bonds is 2. The second-order valence-corrected chi connectivity index (χ2v) is 5.02. The summed E-state index contributed by atoms with van der Waals surface area (Å²) in [6.45, 7) is 8.09. The van der Waals surface area contributed by atoms with Gasteiger partial charge in [0.05, 0.1) is 0 Å². The van der Waals surface area contributed by atoms with Crippen LogP contribution in [0.3, 0.4) is 0 Å². The lowest BCUT2D eigenvalue weighted by Gasteiger charge is -2.12. The van der Waals surface area contributed by atoms with Crippen LogP contribution in [0, 0.1) is 27.7 Å². The van der Waals surface area contributed by atoms with Crippen LogP contribution in [0.2, 0.25) is 0 Å². The van der Waals surface area contributed by atoms with E-state index in [2.05, 4.69) is 25.2 Å². The monoisotopic (exact) mass is 253 g/mol. The van der Waals surface area contributed by atoms with E-state index in [-0.39, 0.29) is 5.91 Å². The summed E-state index contributed by atoms with van der Waals surface area (Å²) in [6.07, 6.45) is 0. The Labute approximate surface area is 114 Å². The van der Waals surface area contributed by atoms with Crippen molar-refractivity contribution in [2.75, 3.05) is 5.32 Å². The fourth-order valence-corrected chi connectivity index (χ4v) is 2.11. The summed E-state index contributed by atoms with van der Waals surface area (Å²) in [5, 5.41) is 3.00. The van der Waals surface area contributed by atoms with Gasteiger partial charge in [-0.3, -0.25) is 4.79 Å². The molecule has 0 aromatic heterocycles. The van der Waals surface area contributed by atoms with Crippen molar-refractivity contribution in [2.45, 2.75) is 27.7 Å². The molecule has 2 nitrogen and oxygen atoms in total. The molecule has 0 spiro atoms. The van der Waals surface area contributed by atoms with E-state index in [1.54, 1.807) is 0 Å². The lowest BCUT2D eigenvalue weighted by molar-refractivity contribution is 0.102. The molecular formula is C17H19NO. The Kier molecular flexibility index (Phi) is 3.70. The number of aryl methyl sites for hydroxylation is 4. The van der Waals surface area contributed by atoms with Crippen LogP contribution in [0.25, 0.3) is 0 Å². The largest absolute Gasteiger partial charge is 0.322 e. The summed E-state index contributed by atoms with van der Waals surface area (Å²) in [4.78, 5) is 12.3. The first-order valence-corrected chi connectivity index (χ1v) is 6.44. The van der Waals surface area contributed by atoms with Crippen LogP contribution in [0.1, 0.15) is 32.6 Å². The molecule has 0 radical (unpaired) electrons. The van der Waals surface area contributed by atoms with Crippen LogP contribution in [0.5, 0.6) is 0 Å². The summed E-state index contributed by atoms with van der Waals surface area (Å²) in [6, 6.07) is 11.7. The van der Waals surface area contributed by atoms with Gasteiger partial charge in [-0.05, 0) is 62.1 Å². The number of carbonyl (C=O) groups excluding carboxylic acids is 1. The zero-order chi connectivity index (χ0) is 14.0.